The maximum Gasteiger partial charge on any atom is 0.505 e. The molecule has 44 valence electrons. The molecule has 0 saturated heterocycles. The van der Waals surface area contributed by atoms with Crippen molar-refractivity contribution in [3.63, 3.8) is 0 Å². The zero-order valence-corrected chi connectivity index (χ0v) is 5.85. The van der Waals surface area contributed by atoms with Gasteiger partial charge in [-0.05, 0) is 0 Å². The fourth-order valence-electron chi connectivity index (χ4n) is 0.0645. The van der Waals surface area contributed by atoms with E-state index >= 15 is 0 Å². The van der Waals surface area contributed by atoms with E-state index in [1.165, 1.54) is 7.11 Å². The third kappa shape index (κ3) is 3.07. The largest absolute Gasteiger partial charge is 0.505 e. The molecule has 0 saturated carbocycles. The van der Waals surface area contributed by atoms with Crippen LogP contribution < -0.4 is 0 Å². The second kappa shape index (κ2) is 2.68. The molecule has 0 spiro atoms. The van der Waals surface area contributed by atoms with Gasteiger partial charge in [0.15, 0.2) is 0 Å². The van der Waals surface area contributed by atoms with E-state index in [9.17, 15) is 0 Å². The molecule has 0 aromatic heterocycles. The van der Waals surface area contributed by atoms with Gasteiger partial charge in [-0.25, -0.2) is 0 Å². The van der Waals surface area contributed by atoms with Crippen LogP contribution >= 0.6 is 12.6 Å². The van der Waals surface area contributed by atoms with E-state index in [-0.39, 0.29) is 5.38 Å². The topological polar surface area (TPSA) is 49.7 Å². The quantitative estimate of drug-likeness (QED) is 0.341. The van der Waals surface area contributed by atoms with Crippen molar-refractivity contribution < 1.29 is 14.0 Å². The highest BCUT2D eigenvalue weighted by molar-refractivity contribution is 7.82. The molecule has 0 aliphatic rings. The van der Waals surface area contributed by atoms with Crippen LogP contribution in [0.5, 0.6) is 0 Å². The van der Waals surface area contributed by atoms with Crippen molar-refractivity contribution in [2.24, 2.45) is 0 Å². The Kier molecular flexibility index (Phi) is 2.85. The van der Waals surface area contributed by atoms with Crippen molar-refractivity contribution >= 4 is 21.4 Å². The minimum absolute atomic E-state index is 0.0174. The van der Waals surface area contributed by atoms with Crippen LogP contribution in [-0.4, -0.2) is 30.9 Å². The van der Waals surface area contributed by atoms with Gasteiger partial charge in [-0.2, -0.15) is 12.6 Å². The van der Waals surface area contributed by atoms with Crippen LogP contribution in [0.25, 0.3) is 0 Å². The highest BCUT2D eigenvalue weighted by atomic mass is 32.1. The van der Waals surface area contributed by atoms with Gasteiger partial charge in [0, 0.05) is 7.11 Å². The van der Waals surface area contributed by atoms with Gasteiger partial charge in [0.1, 0.15) is 0 Å². The molecule has 0 aliphatic heterocycles. The second-order valence-electron chi connectivity index (χ2n) is 1.11. The first-order valence-electron chi connectivity index (χ1n) is 1.73. The molecule has 0 rings (SSSR count). The zero-order chi connectivity index (χ0) is 5.91. The van der Waals surface area contributed by atoms with Gasteiger partial charge in [0.25, 0.3) is 0 Å². The number of rotatable bonds is 2. The van der Waals surface area contributed by atoms with Crippen LogP contribution in [0.3, 0.4) is 0 Å². The molecule has 3 nitrogen and oxygen atoms in total. The van der Waals surface area contributed by atoms with Crippen molar-refractivity contribution in [1.29, 1.82) is 0 Å². The highest BCUT2D eigenvalue weighted by Crippen LogP contribution is 1.93. The summed E-state index contributed by atoms with van der Waals surface area (Å²) in [5, 5.41) is 0.0174. The summed E-state index contributed by atoms with van der Waals surface area (Å²) in [6.07, 6.45) is 0. The van der Waals surface area contributed by atoms with E-state index in [2.05, 4.69) is 17.1 Å². The Hall–Kier alpha value is 0.447. The van der Waals surface area contributed by atoms with Crippen LogP contribution in [0.15, 0.2) is 0 Å². The average molecular weight is 140 g/mol. The number of hydrogen-bond acceptors (Lipinski definition) is 4. The summed E-state index contributed by atoms with van der Waals surface area (Å²) < 4.78 is 4.26. The van der Waals surface area contributed by atoms with Gasteiger partial charge in [0.05, 0.1) is 5.38 Å². The smallest absolute Gasteiger partial charge is 0.389 e. The molecule has 0 bridgehead atoms. The molecule has 0 aromatic carbocycles. The molecule has 2 N–H and O–H groups in total. The van der Waals surface area contributed by atoms with Crippen molar-refractivity contribution in [3.8, 4) is 0 Å². The summed E-state index contributed by atoms with van der Waals surface area (Å²) >= 11 is 3.62. The van der Waals surface area contributed by atoms with E-state index in [4.69, 9.17) is 9.59 Å². The molecular formula is C2H8O3SSi. The molecule has 7 heavy (non-hydrogen) atoms. The van der Waals surface area contributed by atoms with E-state index in [0.29, 0.717) is 0 Å². The fraction of sp³-hybridized carbons (Fsp3) is 1.00. The first-order valence-corrected chi connectivity index (χ1v) is 4.37. The lowest BCUT2D eigenvalue weighted by Crippen LogP contribution is -2.40. The summed E-state index contributed by atoms with van der Waals surface area (Å²) in [7, 11) is -2.03. The average Bonchev–Trinajstić information content (AvgIpc) is 1.68. The number of thiol groups is 1. The fourth-order valence-corrected chi connectivity index (χ4v) is 0.581. The third-order valence-corrected chi connectivity index (χ3v) is 2.83. The Balaban J connectivity index is 3.36. The van der Waals surface area contributed by atoms with E-state index in [1.54, 1.807) is 0 Å². The maximum atomic E-state index is 8.53. The summed E-state index contributed by atoms with van der Waals surface area (Å²) in [6.45, 7) is 0. The molecular weight excluding hydrogens is 132 g/mol. The highest BCUT2D eigenvalue weighted by Gasteiger charge is 2.27. The van der Waals surface area contributed by atoms with Gasteiger partial charge in [0.2, 0.25) is 0 Å². The Bertz CT molecular complexity index is 50.9. The molecule has 0 fully saturated rings. The van der Waals surface area contributed by atoms with Crippen LogP contribution in [0, 0.1) is 0 Å². The maximum absolute atomic E-state index is 8.53. The van der Waals surface area contributed by atoms with Crippen LogP contribution in [0.2, 0.25) is 0 Å². The first-order chi connectivity index (χ1) is 3.12. The van der Waals surface area contributed by atoms with Crippen molar-refractivity contribution in [2.75, 3.05) is 12.5 Å². The Labute approximate surface area is 48.7 Å². The minimum atomic E-state index is -3.29. The van der Waals surface area contributed by atoms with Gasteiger partial charge in [-0.3, -0.25) is 0 Å². The first kappa shape index (κ1) is 7.45. The molecule has 0 unspecified atom stereocenters. The Morgan fingerprint density at radius 1 is 1.71 bits per heavy atom. The summed E-state index contributed by atoms with van der Waals surface area (Å²) in [5.74, 6) is 0. The number of hydrogen-bond donors (Lipinski definition) is 3. The standard InChI is InChI=1S/C2H8O3SSi/c1-5-7(3,4)2-6/h3-4,6H,2H2,1H3. The summed E-state index contributed by atoms with van der Waals surface area (Å²) in [5.41, 5.74) is 0. The van der Waals surface area contributed by atoms with Gasteiger partial charge in [-0.15, -0.1) is 0 Å². The predicted molar refractivity (Wildman–Crippen MR) is 31.1 cm³/mol. The third-order valence-electron chi connectivity index (χ3n) is 0.533. The van der Waals surface area contributed by atoms with Crippen LogP contribution in [-0.2, 0) is 4.43 Å². The SMILES string of the molecule is CO[Si](O)(O)CS. The van der Waals surface area contributed by atoms with Gasteiger partial charge in [-0.1, -0.05) is 0 Å². The molecule has 0 amide bonds. The van der Waals surface area contributed by atoms with Crippen LogP contribution in [0.4, 0.5) is 0 Å². The molecule has 0 radical (unpaired) electrons. The van der Waals surface area contributed by atoms with E-state index in [0.717, 1.165) is 0 Å². The lowest BCUT2D eigenvalue weighted by Gasteiger charge is -2.09. The Morgan fingerprint density at radius 3 is 2.14 bits per heavy atom. The molecule has 0 aliphatic carbocycles. The molecule has 0 heterocycles. The zero-order valence-electron chi connectivity index (χ0n) is 3.96. The van der Waals surface area contributed by atoms with E-state index < -0.39 is 8.80 Å². The lowest BCUT2D eigenvalue weighted by molar-refractivity contribution is 0.193. The molecule has 5 heteroatoms. The summed E-state index contributed by atoms with van der Waals surface area (Å²) in [6, 6.07) is 0. The van der Waals surface area contributed by atoms with Crippen molar-refractivity contribution in [3.05, 3.63) is 0 Å². The van der Waals surface area contributed by atoms with Gasteiger partial charge < -0.3 is 14.0 Å². The van der Waals surface area contributed by atoms with Crippen molar-refractivity contribution in [2.45, 2.75) is 0 Å². The Morgan fingerprint density at radius 2 is 2.14 bits per heavy atom. The summed E-state index contributed by atoms with van der Waals surface area (Å²) in [4.78, 5) is 17.1. The van der Waals surface area contributed by atoms with Crippen molar-refractivity contribution in [1.82, 2.24) is 0 Å². The second-order valence-corrected chi connectivity index (χ2v) is 4.26. The van der Waals surface area contributed by atoms with Gasteiger partial charge >= 0.3 is 8.80 Å². The predicted octanol–water partition coefficient (Wildman–Crippen LogP) is -0.975. The van der Waals surface area contributed by atoms with Crippen LogP contribution in [0.1, 0.15) is 0 Å². The lowest BCUT2D eigenvalue weighted by atomic mass is 11.8. The minimum Gasteiger partial charge on any atom is -0.389 e. The molecule has 0 atom stereocenters. The monoisotopic (exact) mass is 140 g/mol. The van der Waals surface area contributed by atoms with E-state index in [1.807, 2.05) is 0 Å². The normalized spacial score (nSPS) is 12.0. The molecule has 0 aromatic rings.